The summed E-state index contributed by atoms with van der Waals surface area (Å²) in [5.74, 6) is -0.548. The summed E-state index contributed by atoms with van der Waals surface area (Å²) >= 11 is 0. The number of carbonyl (C=O) groups is 3. The molecular formula is C30H57NO6. The van der Waals surface area contributed by atoms with Gasteiger partial charge in [0, 0.05) is 19.4 Å². The quantitative estimate of drug-likeness (QED) is 0.0690. The number of unbranched alkanes of at least 4 members (excludes halogenated alkanes) is 9. The van der Waals surface area contributed by atoms with Crippen molar-refractivity contribution in [2.45, 2.75) is 130 Å². The highest BCUT2D eigenvalue weighted by molar-refractivity contribution is 5.72. The Hall–Kier alpha value is -1.63. The van der Waals surface area contributed by atoms with Crippen LogP contribution in [0.4, 0.5) is 0 Å². The zero-order chi connectivity index (χ0) is 27.6. The molecule has 0 aliphatic heterocycles. The molecule has 0 saturated heterocycles. The van der Waals surface area contributed by atoms with Gasteiger partial charge in [0.05, 0.1) is 32.2 Å². The molecule has 0 N–H and O–H groups in total. The molecule has 0 rings (SSSR count). The highest BCUT2D eigenvalue weighted by Crippen LogP contribution is 2.20. The molecule has 218 valence electrons. The van der Waals surface area contributed by atoms with Crippen LogP contribution in [-0.2, 0) is 28.6 Å². The summed E-state index contributed by atoms with van der Waals surface area (Å²) in [6.07, 6.45) is 16.4. The van der Waals surface area contributed by atoms with E-state index in [9.17, 15) is 14.4 Å². The molecule has 7 heteroatoms. The minimum Gasteiger partial charge on any atom is -0.466 e. The lowest BCUT2D eigenvalue weighted by molar-refractivity contribution is -0.149. The van der Waals surface area contributed by atoms with Gasteiger partial charge in [-0.05, 0) is 39.3 Å². The Labute approximate surface area is 227 Å². The van der Waals surface area contributed by atoms with E-state index < -0.39 is 0 Å². The minimum absolute atomic E-state index is 0.00894. The number of esters is 3. The zero-order valence-electron chi connectivity index (χ0n) is 24.5. The van der Waals surface area contributed by atoms with Gasteiger partial charge in [0.1, 0.15) is 0 Å². The maximum absolute atomic E-state index is 12.7. The van der Waals surface area contributed by atoms with Gasteiger partial charge in [-0.2, -0.15) is 0 Å². The number of hydrogen-bond donors (Lipinski definition) is 0. The lowest BCUT2D eigenvalue weighted by Crippen LogP contribution is -2.22. The Morgan fingerprint density at radius 2 is 1.11 bits per heavy atom. The summed E-state index contributed by atoms with van der Waals surface area (Å²) < 4.78 is 15.9. The second-order valence-electron chi connectivity index (χ2n) is 10.2. The summed E-state index contributed by atoms with van der Waals surface area (Å²) in [6, 6.07) is 0. The summed E-state index contributed by atoms with van der Waals surface area (Å²) in [5, 5.41) is 0. The maximum atomic E-state index is 12.7. The Morgan fingerprint density at radius 1 is 0.595 bits per heavy atom. The van der Waals surface area contributed by atoms with Crippen LogP contribution in [0.1, 0.15) is 130 Å². The number of nitrogens with zero attached hydrogens (tertiary/aromatic N) is 1. The smallest absolute Gasteiger partial charge is 0.308 e. The molecule has 0 fully saturated rings. The van der Waals surface area contributed by atoms with Crippen molar-refractivity contribution < 1.29 is 28.6 Å². The zero-order valence-corrected chi connectivity index (χ0v) is 24.5. The van der Waals surface area contributed by atoms with Crippen molar-refractivity contribution in [3.05, 3.63) is 0 Å². The SMILES string of the molecule is CCCCCCCCC(CCCCCC)C(=O)OCCCCC(=O)OCCCOC(=O)CCN(C)CC. The van der Waals surface area contributed by atoms with Crippen LogP contribution in [0.3, 0.4) is 0 Å². The van der Waals surface area contributed by atoms with Crippen molar-refractivity contribution in [3.8, 4) is 0 Å². The standard InChI is InChI=1S/C30H57NO6/c1-5-8-10-12-13-15-20-27(19-14-11-9-6-2)30(34)37-24-17-16-21-28(32)35-25-18-26-36-29(33)22-23-31(4)7-3/h27H,5-26H2,1-4H3. The van der Waals surface area contributed by atoms with Crippen molar-refractivity contribution in [1.82, 2.24) is 4.90 Å². The van der Waals surface area contributed by atoms with Crippen LogP contribution in [-0.4, -0.2) is 62.8 Å². The second-order valence-corrected chi connectivity index (χ2v) is 10.2. The van der Waals surface area contributed by atoms with E-state index in [4.69, 9.17) is 14.2 Å². The third-order valence-corrected chi connectivity index (χ3v) is 6.72. The van der Waals surface area contributed by atoms with E-state index >= 15 is 0 Å². The summed E-state index contributed by atoms with van der Waals surface area (Å²) in [7, 11) is 1.96. The molecular weight excluding hydrogens is 470 g/mol. The molecule has 0 spiro atoms. The van der Waals surface area contributed by atoms with Crippen molar-refractivity contribution in [3.63, 3.8) is 0 Å². The molecule has 0 aromatic rings. The average molecular weight is 528 g/mol. The lowest BCUT2D eigenvalue weighted by Gasteiger charge is -2.16. The van der Waals surface area contributed by atoms with E-state index in [-0.39, 0.29) is 37.0 Å². The average Bonchev–Trinajstić information content (AvgIpc) is 2.89. The molecule has 37 heavy (non-hydrogen) atoms. The van der Waals surface area contributed by atoms with Crippen LogP contribution < -0.4 is 0 Å². The van der Waals surface area contributed by atoms with E-state index in [0.717, 1.165) is 32.2 Å². The van der Waals surface area contributed by atoms with Gasteiger partial charge in [0.15, 0.2) is 0 Å². The summed E-state index contributed by atoms with van der Waals surface area (Å²) in [6.45, 7) is 8.90. The van der Waals surface area contributed by atoms with Gasteiger partial charge in [0.2, 0.25) is 0 Å². The first-order chi connectivity index (χ1) is 17.9. The lowest BCUT2D eigenvalue weighted by atomic mass is 9.94. The molecule has 0 aromatic carbocycles. The Balaban J connectivity index is 3.94. The first kappa shape index (κ1) is 35.4. The van der Waals surface area contributed by atoms with Crippen molar-refractivity contribution >= 4 is 17.9 Å². The number of carbonyl (C=O) groups excluding carboxylic acids is 3. The first-order valence-corrected chi connectivity index (χ1v) is 15.1. The fraction of sp³-hybridized carbons (Fsp3) is 0.900. The highest BCUT2D eigenvalue weighted by atomic mass is 16.5. The molecule has 0 aliphatic carbocycles. The number of rotatable bonds is 26. The fourth-order valence-corrected chi connectivity index (χ4v) is 4.05. The highest BCUT2D eigenvalue weighted by Gasteiger charge is 2.19. The van der Waals surface area contributed by atoms with E-state index in [2.05, 4.69) is 13.8 Å². The first-order valence-electron chi connectivity index (χ1n) is 15.1. The fourth-order valence-electron chi connectivity index (χ4n) is 4.05. The normalized spacial score (nSPS) is 11.9. The van der Waals surface area contributed by atoms with Crippen LogP contribution in [0.25, 0.3) is 0 Å². The van der Waals surface area contributed by atoms with E-state index in [1.54, 1.807) is 0 Å². The van der Waals surface area contributed by atoms with Crippen molar-refractivity contribution in [2.24, 2.45) is 5.92 Å². The van der Waals surface area contributed by atoms with E-state index in [1.807, 2.05) is 18.9 Å². The monoisotopic (exact) mass is 527 g/mol. The molecule has 0 aromatic heterocycles. The van der Waals surface area contributed by atoms with Crippen LogP contribution in [0.5, 0.6) is 0 Å². The van der Waals surface area contributed by atoms with Gasteiger partial charge in [-0.1, -0.05) is 85.0 Å². The molecule has 1 atom stereocenters. The largest absolute Gasteiger partial charge is 0.466 e. The van der Waals surface area contributed by atoms with Crippen LogP contribution >= 0.6 is 0 Å². The second kappa shape index (κ2) is 26.0. The molecule has 7 nitrogen and oxygen atoms in total. The topological polar surface area (TPSA) is 82.1 Å². The van der Waals surface area contributed by atoms with E-state index in [1.165, 1.54) is 51.4 Å². The molecule has 0 saturated carbocycles. The Morgan fingerprint density at radius 3 is 1.70 bits per heavy atom. The molecule has 0 amide bonds. The molecule has 0 radical (unpaired) electrons. The van der Waals surface area contributed by atoms with Gasteiger partial charge in [-0.15, -0.1) is 0 Å². The van der Waals surface area contributed by atoms with Gasteiger partial charge in [-0.3, -0.25) is 14.4 Å². The predicted octanol–water partition coefficient (Wildman–Crippen LogP) is 6.86. The van der Waals surface area contributed by atoms with Gasteiger partial charge >= 0.3 is 17.9 Å². The maximum Gasteiger partial charge on any atom is 0.308 e. The number of ether oxygens (including phenoxy) is 3. The molecule has 1 unspecified atom stereocenters. The molecule has 0 heterocycles. The predicted molar refractivity (Wildman–Crippen MR) is 149 cm³/mol. The Kier molecular flexibility index (Phi) is 24.9. The molecule has 0 bridgehead atoms. The summed E-state index contributed by atoms with van der Waals surface area (Å²) in [5.41, 5.74) is 0. The Bertz CT molecular complexity index is 568. The third-order valence-electron chi connectivity index (χ3n) is 6.72. The van der Waals surface area contributed by atoms with Gasteiger partial charge < -0.3 is 19.1 Å². The minimum atomic E-state index is -0.265. The third kappa shape index (κ3) is 23.2. The van der Waals surface area contributed by atoms with Gasteiger partial charge in [-0.25, -0.2) is 0 Å². The van der Waals surface area contributed by atoms with Crippen molar-refractivity contribution in [2.75, 3.05) is 40.0 Å². The van der Waals surface area contributed by atoms with Gasteiger partial charge in [0.25, 0.3) is 0 Å². The number of hydrogen-bond acceptors (Lipinski definition) is 7. The van der Waals surface area contributed by atoms with Crippen LogP contribution in [0.15, 0.2) is 0 Å². The van der Waals surface area contributed by atoms with Crippen molar-refractivity contribution in [1.29, 1.82) is 0 Å². The van der Waals surface area contributed by atoms with Crippen LogP contribution in [0.2, 0.25) is 0 Å². The summed E-state index contributed by atoms with van der Waals surface area (Å²) in [4.78, 5) is 38.2. The van der Waals surface area contributed by atoms with Crippen LogP contribution in [0, 0.1) is 5.92 Å². The van der Waals surface area contributed by atoms with E-state index in [0.29, 0.717) is 45.3 Å². The molecule has 0 aliphatic rings.